The van der Waals surface area contributed by atoms with E-state index < -0.39 is 5.82 Å². The molecule has 6 heteroatoms. The van der Waals surface area contributed by atoms with Crippen molar-refractivity contribution < 1.29 is 4.39 Å². The Morgan fingerprint density at radius 2 is 2.33 bits per heavy atom. The fourth-order valence-corrected chi connectivity index (χ4v) is 1.88. The number of rotatable bonds is 3. The fraction of sp³-hybridized carbons (Fsp3) is 0.111. The van der Waals surface area contributed by atoms with Crippen molar-refractivity contribution in [2.45, 2.75) is 10.9 Å². The molecule has 0 amide bonds. The zero-order valence-corrected chi connectivity index (χ0v) is 9.15. The monoisotopic (exact) mass is 243 g/mol. The van der Waals surface area contributed by atoms with Crippen molar-refractivity contribution in [3.05, 3.63) is 40.9 Å². The smallest absolute Gasteiger partial charge is 0.183 e. The third kappa shape index (κ3) is 2.70. The van der Waals surface area contributed by atoms with E-state index in [1.54, 1.807) is 12.1 Å². The summed E-state index contributed by atoms with van der Waals surface area (Å²) in [6.45, 7) is 0. The molecule has 15 heavy (non-hydrogen) atoms. The molecule has 0 saturated heterocycles. The Balaban J connectivity index is 2.02. The molecule has 1 aromatic heterocycles. The number of nitrogens with zero attached hydrogens (tertiary/aromatic N) is 2. The van der Waals surface area contributed by atoms with Gasteiger partial charge in [0.25, 0.3) is 0 Å². The number of benzene rings is 1. The van der Waals surface area contributed by atoms with Crippen LogP contribution >= 0.6 is 23.4 Å². The van der Waals surface area contributed by atoms with Crippen LogP contribution < -0.4 is 0 Å². The minimum atomic E-state index is -0.396. The summed E-state index contributed by atoms with van der Waals surface area (Å²) < 4.78 is 13.1. The lowest BCUT2D eigenvalue weighted by Gasteiger charge is -2.00. The van der Waals surface area contributed by atoms with Crippen LogP contribution in [0.1, 0.15) is 5.56 Å². The molecule has 78 valence electrons. The number of nitrogens with one attached hydrogen (secondary N) is 1. The number of aromatic amines is 1. The largest absolute Gasteiger partial charge is 0.254 e. The molecule has 0 aliphatic rings. The Morgan fingerprint density at radius 3 is 3.00 bits per heavy atom. The molecular formula is C9H7ClFN3S. The molecule has 0 atom stereocenters. The third-order valence-electron chi connectivity index (χ3n) is 1.75. The number of aromatic nitrogens is 3. The van der Waals surface area contributed by atoms with Gasteiger partial charge in [-0.2, -0.15) is 5.10 Å². The Hall–Kier alpha value is -1.07. The van der Waals surface area contributed by atoms with Gasteiger partial charge in [-0.25, -0.2) is 9.37 Å². The van der Waals surface area contributed by atoms with Crippen molar-refractivity contribution in [2.75, 3.05) is 0 Å². The molecular weight excluding hydrogens is 237 g/mol. The Labute approximate surface area is 95.1 Å². The van der Waals surface area contributed by atoms with Gasteiger partial charge in [-0.05, 0) is 17.7 Å². The first-order valence-corrected chi connectivity index (χ1v) is 5.54. The van der Waals surface area contributed by atoms with Gasteiger partial charge >= 0.3 is 0 Å². The molecule has 0 saturated carbocycles. The van der Waals surface area contributed by atoms with Crippen LogP contribution in [0.15, 0.2) is 29.7 Å². The van der Waals surface area contributed by atoms with E-state index in [0.29, 0.717) is 10.9 Å². The lowest BCUT2D eigenvalue weighted by atomic mass is 10.2. The topological polar surface area (TPSA) is 41.6 Å². The van der Waals surface area contributed by atoms with Crippen LogP contribution in [-0.4, -0.2) is 15.2 Å². The summed E-state index contributed by atoms with van der Waals surface area (Å²) in [5.41, 5.74) is 0.860. The van der Waals surface area contributed by atoms with Crippen LogP contribution in [0.3, 0.4) is 0 Å². The van der Waals surface area contributed by atoms with Crippen LogP contribution in [0.5, 0.6) is 0 Å². The molecule has 0 spiro atoms. The summed E-state index contributed by atoms with van der Waals surface area (Å²) in [5.74, 6) is 0.232. The second-order valence-electron chi connectivity index (χ2n) is 2.83. The summed E-state index contributed by atoms with van der Waals surface area (Å²) >= 11 is 7.03. The van der Waals surface area contributed by atoms with Gasteiger partial charge in [0, 0.05) is 5.75 Å². The normalized spacial score (nSPS) is 10.5. The third-order valence-corrected chi connectivity index (χ3v) is 3.01. The number of hydrogen-bond acceptors (Lipinski definition) is 3. The van der Waals surface area contributed by atoms with Gasteiger partial charge in [-0.3, -0.25) is 5.10 Å². The predicted octanol–water partition coefficient (Wildman–Crippen LogP) is 2.89. The van der Waals surface area contributed by atoms with Crippen LogP contribution in [0.2, 0.25) is 5.02 Å². The molecule has 2 rings (SSSR count). The lowest BCUT2D eigenvalue weighted by Crippen LogP contribution is -1.85. The first-order chi connectivity index (χ1) is 7.25. The van der Waals surface area contributed by atoms with Gasteiger partial charge in [-0.1, -0.05) is 29.4 Å². The highest BCUT2D eigenvalue weighted by Gasteiger charge is 2.02. The lowest BCUT2D eigenvalue weighted by molar-refractivity contribution is 0.627. The summed E-state index contributed by atoms with van der Waals surface area (Å²) in [7, 11) is 0. The predicted molar refractivity (Wildman–Crippen MR) is 57.4 cm³/mol. The molecule has 0 aliphatic carbocycles. The van der Waals surface area contributed by atoms with Gasteiger partial charge in [0.05, 0.1) is 5.02 Å². The quantitative estimate of drug-likeness (QED) is 0.843. The number of H-pyrrole nitrogens is 1. The van der Waals surface area contributed by atoms with E-state index in [0.717, 1.165) is 5.56 Å². The molecule has 0 bridgehead atoms. The number of halogens is 2. The van der Waals surface area contributed by atoms with E-state index >= 15 is 0 Å². The SMILES string of the molecule is Fc1cc(CSc2ncn[nH]2)ccc1Cl. The Kier molecular flexibility index (Phi) is 3.23. The molecule has 1 aromatic carbocycles. The molecule has 1 heterocycles. The van der Waals surface area contributed by atoms with Crippen molar-refractivity contribution in [3.8, 4) is 0 Å². The van der Waals surface area contributed by atoms with E-state index in [1.807, 2.05) is 0 Å². The molecule has 0 fully saturated rings. The highest BCUT2D eigenvalue weighted by molar-refractivity contribution is 7.98. The molecule has 0 radical (unpaired) electrons. The summed E-state index contributed by atoms with van der Waals surface area (Å²) in [6, 6.07) is 4.76. The van der Waals surface area contributed by atoms with E-state index in [4.69, 9.17) is 11.6 Å². The average Bonchev–Trinajstić information content (AvgIpc) is 2.73. The van der Waals surface area contributed by atoms with E-state index in [1.165, 1.54) is 24.2 Å². The van der Waals surface area contributed by atoms with Crippen LogP contribution in [0.25, 0.3) is 0 Å². The van der Waals surface area contributed by atoms with Crippen molar-refractivity contribution in [1.29, 1.82) is 0 Å². The zero-order chi connectivity index (χ0) is 10.7. The number of thioether (sulfide) groups is 1. The zero-order valence-electron chi connectivity index (χ0n) is 7.58. The summed E-state index contributed by atoms with van der Waals surface area (Å²) in [5, 5.41) is 7.28. The standard InChI is InChI=1S/C9H7ClFN3S/c10-7-2-1-6(3-8(7)11)4-15-9-12-5-13-14-9/h1-3,5H,4H2,(H,12,13,14). The van der Waals surface area contributed by atoms with Crippen LogP contribution in [0.4, 0.5) is 4.39 Å². The van der Waals surface area contributed by atoms with Gasteiger partial charge < -0.3 is 0 Å². The second kappa shape index (κ2) is 4.63. The van der Waals surface area contributed by atoms with Crippen molar-refractivity contribution in [2.24, 2.45) is 0 Å². The average molecular weight is 244 g/mol. The van der Waals surface area contributed by atoms with Gasteiger partial charge in [0.15, 0.2) is 5.16 Å². The maximum Gasteiger partial charge on any atom is 0.183 e. The molecule has 3 nitrogen and oxygen atoms in total. The van der Waals surface area contributed by atoms with E-state index in [2.05, 4.69) is 15.2 Å². The van der Waals surface area contributed by atoms with Crippen molar-refractivity contribution in [3.63, 3.8) is 0 Å². The minimum Gasteiger partial charge on any atom is -0.254 e. The van der Waals surface area contributed by atoms with Gasteiger partial charge in [-0.15, -0.1) is 0 Å². The van der Waals surface area contributed by atoms with Crippen LogP contribution in [-0.2, 0) is 5.75 Å². The Morgan fingerprint density at radius 1 is 1.47 bits per heavy atom. The van der Waals surface area contributed by atoms with E-state index in [9.17, 15) is 4.39 Å². The molecule has 1 N–H and O–H groups in total. The molecule has 0 aliphatic heterocycles. The Bertz CT molecular complexity index is 447. The van der Waals surface area contributed by atoms with Crippen molar-refractivity contribution in [1.82, 2.24) is 15.2 Å². The summed E-state index contributed by atoms with van der Waals surface area (Å²) in [4.78, 5) is 3.95. The van der Waals surface area contributed by atoms with Crippen LogP contribution in [0, 0.1) is 5.82 Å². The highest BCUT2D eigenvalue weighted by Crippen LogP contribution is 2.21. The maximum absolute atomic E-state index is 13.1. The molecule has 0 unspecified atom stereocenters. The first kappa shape index (κ1) is 10.4. The van der Waals surface area contributed by atoms with Gasteiger partial charge in [0.2, 0.25) is 0 Å². The molecule has 2 aromatic rings. The highest BCUT2D eigenvalue weighted by atomic mass is 35.5. The number of hydrogen-bond donors (Lipinski definition) is 1. The van der Waals surface area contributed by atoms with Crippen molar-refractivity contribution >= 4 is 23.4 Å². The fourth-order valence-electron chi connectivity index (χ4n) is 1.04. The summed E-state index contributed by atoms with van der Waals surface area (Å²) in [6.07, 6.45) is 1.44. The minimum absolute atomic E-state index is 0.142. The van der Waals surface area contributed by atoms with Gasteiger partial charge in [0.1, 0.15) is 12.1 Å². The first-order valence-electron chi connectivity index (χ1n) is 4.18. The van der Waals surface area contributed by atoms with E-state index in [-0.39, 0.29) is 5.02 Å². The second-order valence-corrected chi connectivity index (χ2v) is 4.20. The maximum atomic E-state index is 13.1.